The average Bonchev–Trinajstić information content (AvgIpc) is 2.62. The highest BCUT2D eigenvalue weighted by Gasteiger charge is 2.06. The summed E-state index contributed by atoms with van der Waals surface area (Å²) in [5.74, 6) is -0.377. The maximum absolute atomic E-state index is 11.1. The number of carbonyl (C=O) groups is 1. The first-order valence-corrected chi connectivity index (χ1v) is 4.14. The van der Waals surface area contributed by atoms with Crippen molar-refractivity contribution in [2.45, 2.75) is 13.2 Å². The molecule has 0 atom stereocenters. The third-order valence-corrected chi connectivity index (χ3v) is 1.62. The van der Waals surface area contributed by atoms with Crippen LogP contribution in [0.3, 0.4) is 0 Å². The lowest BCUT2D eigenvalue weighted by Gasteiger charge is -2.05. The van der Waals surface area contributed by atoms with Crippen LogP contribution in [0.2, 0.25) is 0 Å². The summed E-state index contributed by atoms with van der Waals surface area (Å²) >= 11 is 0. The summed E-state index contributed by atoms with van der Waals surface area (Å²) in [5, 5.41) is 8.87. The molecule has 0 bridgehead atoms. The van der Waals surface area contributed by atoms with Gasteiger partial charge < -0.3 is 14.4 Å². The fourth-order valence-electron chi connectivity index (χ4n) is 0.959. The molecular formula is C9H12N2O3. The predicted molar refractivity (Wildman–Crippen MR) is 49.3 cm³/mol. The van der Waals surface area contributed by atoms with Gasteiger partial charge in [-0.15, -0.1) is 0 Å². The summed E-state index contributed by atoms with van der Waals surface area (Å²) in [6.45, 7) is 3.54. The molecule has 0 saturated heterocycles. The molecule has 14 heavy (non-hydrogen) atoms. The van der Waals surface area contributed by atoms with Gasteiger partial charge in [0.15, 0.2) is 0 Å². The van der Waals surface area contributed by atoms with Crippen LogP contribution >= 0.6 is 0 Å². The molecule has 0 saturated carbocycles. The highest BCUT2D eigenvalue weighted by molar-refractivity contribution is 5.69. The van der Waals surface area contributed by atoms with Crippen LogP contribution in [0, 0.1) is 0 Å². The van der Waals surface area contributed by atoms with E-state index in [9.17, 15) is 4.79 Å². The van der Waals surface area contributed by atoms with Crippen LogP contribution in [-0.2, 0) is 22.7 Å². The Morgan fingerprint density at radius 2 is 2.57 bits per heavy atom. The van der Waals surface area contributed by atoms with Gasteiger partial charge in [0.25, 0.3) is 0 Å². The van der Waals surface area contributed by atoms with Gasteiger partial charge in [0.05, 0.1) is 24.8 Å². The number of esters is 1. The molecule has 5 heteroatoms. The topological polar surface area (TPSA) is 64.4 Å². The molecule has 0 aromatic carbocycles. The Labute approximate surface area is 81.6 Å². The van der Waals surface area contributed by atoms with E-state index in [0.717, 1.165) is 0 Å². The molecule has 76 valence electrons. The van der Waals surface area contributed by atoms with Gasteiger partial charge in [-0.25, -0.2) is 4.98 Å². The van der Waals surface area contributed by atoms with Gasteiger partial charge in [-0.2, -0.15) is 0 Å². The minimum absolute atomic E-state index is 0.0593. The molecule has 0 aliphatic heterocycles. The highest BCUT2D eigenvalue weighted by atomic mass is 16.5. The lowest BCUT2D eigenvalue weighted by molar-refractivity contribution is -0.143. The molecule has 0 aliphatic carbocycles. The van der Waals surface area contributed by atoms with Crippen molar-refractivity contribution in [3.8, 4) is 0 Å². The second-order valence-corrected chi connectivity index (χ2v) is 2.64. The van der Waals surface area contributed by atoms with E-state index in [0.29, 0.717) is 5.69 Å². The van der Waals surface area contributed by atoms with Crippen molar-refractivity contribution in [2.24, 2.45) is 0 Å². The molecule has 1 rings (SSSR count). The van der Waals surface area contributed by atoms with Crippen LogP contribution in [0.25, 0.3) is 0 Å². The maximum atomic E-state index is 11.1. The number of aromatic nitrogens is 2. The van der Waals surface area contributed by atoms with E-state index < -0.39 is 0 Å². The van der Waals surface area contributed by atoms with Crippen LogP contribution < -0.4 is 0 Å². The van der Waals surface area contributed by atoms with Crippen molar-refractivity contribution in [3.05, 3.63) is 30.9 Å². The molecule has 1 aromatic rings. The van der Waals surface area contributed by atoms with Gasteiger partial charge >= 0.3 is 5.97 Å². The molecule has 0 fully saturated rings. The van der Waals surface area contributed by atoms with Crippen LogP contribution in [0.4, 0.5) is 0 Å². The van der Waals surface area contributed by atoms with E-state index >= 15 is 0 Å². The van der Waals surface area contributed by atoms with Gasteiger partial charge in [-0.3, -0.25) is 4.79 Å². The largest absolute Gasteiger partial charge is 0.460 e. The van der Waals surface area contributed by atoms with Crippen LogP contribution in [0.5, 0.6) is 0 Å². The number of imidazole rings is 1. The summed E-state index contributed by atoms with van der Waals surface area (Å²) in [6, 6.07) is 0. The number of nitrogens with zero attached hydrogens (tertiary/aromatic N) is 2. The second kappa shape index (κ2) is 5.18. The third-order valence-electron chi connectivity index (χ3n) is 1.62. The molecule has 0 aliphatic rings. The Kier molecular flexibility index (Phi) is 3.87. The predicted octanol–water partition coefficient (Wildman–Crippen LogP) is 0.105. The first-order chi connectivity index (χ1) is 6.77. The smallest absolute Gasteiger partial charge is 0.326 e. The molecule has 5 nitrogen and oxygen atoms in total. The molecule has 1 N–H and O–H groups in total. The normalized spacial score (nSPS) is 9.79. The highest BCUT2D eigenvalue weighted by Crippen LogP contribution is 1.99. The van der Waals surface area contributed by atoms with Crippen molar-refractivity contribution in [1.29, 1.82) is 0 Å². The average molecular weight is 196 g/mol. The van der Waals surface area contributed by atoms with Crippen LogP contribution in [0.15, 0.2) is 25.2 Å². The number of ether oxygens (including phenoxy) is 1. The minimum Gasteiger partial charge on any atom is -0.460 e. The van der Waals surface area contributed by atoms with Crippen LogP contribution in [-0.4, -0.2) is 27.2 Å². The summed E-state index contributed by atoms with van der Waals surface area (Å²) in [7, 11) is 0. The van der Waals surface area contributed by atoms with E-state index in [1.807, 2.05) is 0 Å². The van der Waals surface area contributed by atoms with E-state index in [2.05, 4.69) is 11.6 Å². The van der Waals surface area contributed by atoms with Gasteiger partial charge in [-0.05, 0) is 0 Å². The van der Waals surface area contributed by atoms with Gasteiger partial charge in [0.2, 0.25) is 0 Å². The Morgan fingerprint density at radius 3 is 3.21 bits per heavy atom. The first kappa shape index (κ1) is 10.5. The molecule has 0 unspecified atom stereocenters. The zero-order valence-electron chi connectivity index (χ0n) is 7.72. The third kappa shape index (κ3) is 2.70. The van der Waals surface area contributed by atoms with Crippen LogP contribution in [0.1, 0.15) is 5.69 Å². The molecule has 0 amide bonds. The Bertz CT molecular complexity index is 320. The van der Waals surface area contributed by atoms with Crippen molar-refractivity contribution < 1.29 is 14.6 Å². The van der Waals surface area contributed by atoms with E-state index in [1.54, 1.807) is 0 Å². The molecule has 1 aromatic heterocycles. The summed E-state index contributed by atoms with van der Waals surface area (Å²) in [5.41, 5.74) is 0.584. The standard InChI is InChI=1S/C9H12N2O3/c1-2-3-14-9(13)5-11-7-10-4-8(11)6-12/h2,4,7,12H,1,3,5-6H2. The maximum Gasteiger partial charge on any atom is 0.326 e. The fraction of sp³-hybridized carbons (Fsp3) is 0.333. The van der Waals surface area contributed by atoms with Gasteiger partial charge in [0.1, 0.15) is 13.2 Å². The number of hydrogen-bond acceptors (Lipinski definition) is 4. The number of carbonyl (C=O) groups excluding carboxylic acids is 1. The molecule has 0 spiro atoms. The van der Waals surface area contributed by atoms with Crippen molar-refractivity contribution >= 4 is 5.97 Å². The lowest BCUT2D eigenvalue weighted by atomic mass is 10.5. The molecular weight excluding hydrogens is 184 g/mol. The van der Waals surface area contributed by atoms with Crippen molar-refractivity contribution in [1.82, 2.24) is 9.55 Å². The monoisotopic (exact) mass is 196 g/mol. The Balaban J connectivity index is 2.51. The van der Waals surface area contributed by atoms with E-state index in [-0.39, 0.29) is 25.7 Å². The fourth-order valence-corrected chi connectivity index (χ4v) is 0.959. The van der Waals surface area contributed by atoms with Crippen molar-refractivity contribution in [3.63, 3.8) is 0 Å². The Morgan fingerprint density at radius 1 is 1.79 bits per heavy atom. The summed E-state index contributed by atoms with van der Waals surface area (Å²) in [6.07, 6.45) is 4.47. The summed E-state index contributed by atoms with van der Waals surface area (Å²) in [4.78, 5) is 14.9. The number of aliphatic hydroxyl groups is 1. The lowest BCUT2D eigenvalue weighted by Crippen LogP contribution is -2.14. The number of rotatable bonds is 5. The zero-order chi connectivity index (χ0) is 10.4. The number of hydrogen-bond donors (Lipinski definition) is 1. The van der Waals surface area contributed by atoms with Gasteiger partial charge in [-0.1, -0.05) is 12.7 Å². The van der Waals surface area contributed by atoms with Gasteiger partial charge in [0, 0.05) is 0 Å². The second-order valence-electron chi connectivity index (χ2n) is 2.64. The number of aliphatic hydroxyl groups excluding tert-OH is 1. The zero-order valence-corrected chi connectivity index (χ0v) is 7.72. The SMILES string of the molecule is C=CCOC(=O)Cn1cncc1CO. The molecule has 1 heterocycles. The van der Waals surface area contributed by atoms with Crippen molar-refractivity contribution in [2.75, 3.05) is 6.61 Å². The quantitative estimate of drug-likeness (QED) is 0.536. The molecule has 0 radical (unpaired) electrons. The minimum atomic E-state index is -0.377. The first-order valence-electron chi connectivity index (χ1n) is 4.14. The Hall–Kier alpha value is -1.62. The van der Waals surface area contributed by atoms with E-state index in [1.165, 1.54) is 23.2 Å². The summed E-state index contributed by atoms with van der Waals surface area (Å²) < 4.78 is 6.31. The van der Waals surface area contributed by atoms with E-state index in [4.69, 9.17) is 9.84 Å².